The van der Waals surface area contributed by atoms with Crippen LogP contribution in [0.4, 0.5) is 5.69 Å². The third-order valence-electron chi connectivity index (χ3n) is 3.12. The Balaban J connectivity index is 1.99. The first kappa shape index (κ1) is 13.2. The molecule has 1 aliphatic carbocycles. The number of rotatable bonds is 5. The van der Waals surface area contributed by atoms with Crippen LogP contribution in [0.3, 0.4) is 0 Å². The van der Waals surface area contributed by atoms with Crippen LogP contribution in [0.1, 0.15) is 18.5 Å². The summed E-state index contributed by atoms with van der Waals surface area (Å²) in [5.74, 6) is 0.874. The van der Waals surface area contributed by atoms with E-state index in [1.54, 1.807) is 6.07 Å². The van der Waals surface area contributed by atoms with Crippen LogP contribution < -0.4 is 10.1 Å². The summed E-state index contributed by atoms with van der Waals surface area (Å²) in [4.78, 5) is 13.9. The molecule has 1 aromatic rings. The molecular weight excluding hydrogens is 248 g/mol. The maximum Gasteiger partial charge on any atom is 0.305 e. The number of nitro groups is 1. The van der Waals surface area contributed by atoms with Gasteiger partial charge in [-0.3, -0.25) is 10.1 Å². The molecular formula is C12H14N4O3. The van der Waals surface area contributed by atoms with E-state index >= 15 is 0 Å². The summed E-state index contributed by atoms with van der Waals surface area (Å²) in [7, 11) is 1.91. The second-order valence-electron chi connectivity index (χ2n) is 4.52. The van der Waals surface area contributed by atoms with Crippen molar-refractivity contribution >= 4 is 5.69 Å². The lowest BCUT2D eigenvalue weighted by Crippen LogP contribution is -2.38. The highest BCUT2D eigenvalue weighted by Gasteiger charge is 2.30. The molecule has 0 spiro atoms. The van der Waals surface area contributed by atoms with Gasteiger partial charge < -0.3 is 10.1 Å². The molecule has 1 saturated carbocycles. The number of ether oxygens (including phenoxy) is 1. The zero-order valence-corrected chi connectivity index (χ0v) is 10.5. The predicted octanol–water partition coefficient (Wildman–Crippen LogP) is 1.24. The van der Waals surface area contributed by atoms with Crippen LogP contribution in [0.5, 0.6) is 5.88 Å². The van der Waals surface area contributed by atoms with Crippen LogP contribution in [0.2, 0.25) is 0 Å². The summed E-state index contributed by atoms with van der Waals surface area (Å²) >= 11 is 0. The van der Waals surface area contributed by atoms with Crippen LogP contribution >= 0.6 is 0 Å². The zero-order chi connectivity index (χ0) is 13.8. The number of pyridine rings is 1. The number of aromatic nitrogens is 1. The molecule has 0 bridgehead atoms. The largest absolute Gasteiger partial charge is 0.474 e. The van der Waals surface area contributed by atoms with Gasteiger partial charge in [0.25, 0.3) is 0 Å². The lowest BCUT2D eigenvalue weighted by molar-refractivity contribution is -0.385. The first-order valence-electron chi connectivity index (χ1n) is 6.00. The van der Waals surface area contributed by atoms with E-state index < -0.39 is 4.92 Å². The van der Waals surface area contributed by atoms with E-state index in [9.17, 15) is 10.1 Å². The highest BCUT2D eigenvalue weighted by Crippen LogP contribution is 2.31. The van der Waals surface area contributed by atoms with Crippen LogP contribution in [0, 0.1) is 27.4 Å². The minimum absolute atomic E-state index is 0.0823. The van der Waals surface area contributed by atoms with Crippen molar-refractivity contribution in [2.24, 2.45) is 5.92 Å². The SMILES string of the molecule is CNCC1CC(Oc2ccc([N+](=O)[O-])c(C#N)n2)C1. The summed E-state index contributed by atoms with van der Waals surface area (Å²) in [5, 5.41) is 22.6. The highest BCUT2D eigenvalue weighted by atomic mass is 16.6. The van der Waals surface area contributed by atoms with Crippen molar-refractivity contribution in [1.82, 2.24) is 10.3 Å². The zero-order valence-electron chi connectivity index (χ0n) is 10.5. The molecule has 0 radical (unpaired) electrons. The molecule has 2 rings (SSSR count). The molecule has 7 nitrogen and oxygen atoms in total. The predicted molar refractivity (Wildman–Crippen MR) is 66.7 cm³/mol. The van der Waals surface area contributed by atoms with Gasteiger partial charge >= 0.3 is 5.69 Å². The number of nitrogens with zero attached hydrogens (tertiary/aromatic N) is 3. The Bertz CT molecular complexity index is 520. The Morgan fingerprint density at radius 3 is 2.95 bits per heavy atom. The van der Waals surface area contributed by atoms with Gasteiger partial charge in [0, 0.05) is 12.1 Å². The Kier molecular flexibility index (Phi) is 3.92. The first-order chi connectivity index (χ1) is 9.13. The smallest absolute Gasteiger partial charge is 0.305 e. The van der Waals surface area contributed by atoms with E-state index in [-0.39, 0.29) is 23.4 Å². The summed E-state index contributed by atoms with van der Waals surface area (Å²) in [6.45, 7) is 0.955. The van der Waals surface area contributed by atoms with Crippen LogP contribution in [-0.2, 0) is 0 Å². The van der Waals surface area contributed by atoms with Crippen molar-refractivity contribution < 1.29 is 9.66 Å². The van der Waals surface area contributed by atoms with Crippen molar-refractivity contribution in [2.45, 2.75) is 18.9 Å². The van der Waals surface area contributed by atoms with Crippen LogP contribution in [-0.4, -0.2) is 29.6 Å². The minimum atomic E-state index is -0.623. The fourth-order valence-electron chi connectivity index (χ4n) is 2.13. The van der Waals surface area contributed by atoms with E-state index in [0.717, 1.165) is 19.4 Å². The molecule has 0 aliphatic heterocycles. The van der Waals surface area contributed by atoms with Crippen molar-refractivity contribution in [3.05, 3.63) is 27.9 Å². The first-order valence-corrected chi connectivity index (χ1v) is 6.00. The third-order valence-corrected chi connectivity index (χ3v) is 3.12. The Morgan fingerprint density at radius 2 is 2.37 bits per heavy atom. The maximum atomic E-state index is 10.7. The van der Waals surface area contributed by atoms with Gasteiger partial charge in [-0.25, -0.2) is 0 Å². The van der Waals surface area contributed by atoms with Crippen LogP contribution in [0.15, 0.2) is 12.1 Å². The third kappa shape index (κ3) is 2.98. The van der Waals surface area contributed by atoms with Crippen molar-refractivity contribution in [2.75, 3.05) is 13.6 Å². The van der Waals surface area contributed by atoms with Gasteiger partial charge in [-0.05, 0) is 32.4 Å². The number of hydrogen-bond acceptors (Lipinski definition) is 6. The maximum absolute atomic E-state index is 10.7. The molecule has 1 aliphatic rings. The van der Waals surface area contributed by atoms with Gasteiger partial charge in [-0.1, -0.05) is 0 Å². The van der Waals surface area contributed by atoms with E-state index in [0.29, 0.717) is 5.92 Å². The van der Waals surface area contributed by atoms with E-state index in [1.165, 1.54) is 12.1 Å². The highest BCUT2D eigenvalue weighted by molar-refractivity contribution is 5.45. The Labute approximate surface area is 110 Å². The summed E-state index contributed by atoms with van der Waals surface area (Å²) in [6, 6.07) is 4.40. The minimum Gasteiger partial charge on any atom is -0.474 e. The molecule has 0 saturated heterocycles. The van der Waals surface area contributed by atoms with Crippen molar-refractivity contribution in [3.63, 3.8) is 0 Å². The van der Waals surface area contributed by atoms with Gasteiger partial charge in [-0.2, -0.15) is 10.2 Å². The molecule has 1 aromatic heterocycles. The lowest BCUT2D eigenvalue weighted by atomic mass is 9.82. The average molecular weight is 262 g/mol. The van der Waals surface area contributed by atoms with Gasteiger partial charge in [0.15, 0.2) is 0 Å². The number of nitriles is 1. The monoisotopic (exact) mass is 262 g/mol. The van der Waals surface area contributed by atoms with Gasteiger partial charge in [0.2, 0.25) is 11.6 Å². The molecule has 0 unspecified atom stereocenters. The molecule has 1 N–H and O–H groups in total. The van der Waals surface area contributed by atoms with Gasteiger partial charge in [0.1, 0.15) is 12.2 Å². The number of hydrogen-bond donors (Lipinski definition) is 1. The fraction of sp³-hybridized carbons (Fsp3) is 0.500. The average Bonchev–Trinajstić information content (AvgIpc) is 2.35. The number of nitrogens with one attached hydrogen (secondary N) is 1. The second-order valence-corrected chi connectivity index (χ2v) is 4.52. The molecule has 100 valence electrons. The molecule has 0 atom stereocenters. The van der Waals surface area contributed by atoms with E-state index in [1.807, 2.05) is 7.05 Å². The van der Waals surface area contributed by atoms with Crippen molar-refractivity contribution in [1.29, 1.82) is 5.26 Å². The molecule has 1 heterocycles. The quantitative estimate of drug-likeness (QED) is 0.632. The van der Waals surface area contributed by atoms with Gasteiger partial charge in [0.05, 0.1) is 4.92 Å². The molecule has 0 amide bonds. The summed E-state index contributed by atoms with van der Waals surface area (Å²) in [6.07, 6.45) is 1.95. The van der Waals surface area contributed by atoms with Crippen LogP contribution in [0.25, 0.3) is 0 Å². The normalized spacial score (nSPS) is 21.3. The second kappa shape index (κ2) is 5.63. The van der Waals surface area contributed by atoms with E-state index in [2.05, 4.69) is 10.3 Å². The van der Waals surface area contributed by atoms with Crippen molar-refractivity contribution in [3.8, 4) is 11.9 Å². The van der Waals surface area contributed by atoms with Gasteiger partial charge in [-0.15, -0.1) is 0 Å². The van der Waals surface area contributed by atoms with E-state index in [4.69, 9.17) is 10.00 Å². The topological polar surface area (TPSA) is 101 Å². The molecule has 19 heavy (non-hydrogen) atoms. The fourth-order valence-corrected chi connectivity index (χ4v) is 2.13. The summed E-state index contributed by atoms with van der Waals surface area (Å²) in [5.41, 5.74) is -0.509. The molecule has 7 heteroatoms. The Hall–Kier alpha value is -2.20. The molecule has 0 aromatic carbocycles. The lowest BCUT2D eigenvalue weighted by Gasteiger charge is -2.34. The Morgan fingerprint density at radius 1 is 1.63 bits per heavy atom. The summed E-state index contributed by atoms with van der Waals surface area (Å²) < 4.78 is 5.59. The molecule has 1 fully saturated rings. The standard InChI is InChI=1S/C12H14N4O3/c1-14-7-8-4-9(5-8)19-12-3-2-11(16(17)18)10(6-13)15-12/h2-3,8-9,14H,4-5,7H2,1H3.